The predicted molar refractivity (Wildman–Crippen MR) is 85.3 cm³/mol. The number of piperazine rings is 1. The maximum absolute atomic E-state index is 13.2. The number of nitrogens with one attached hydrogen (secondary N) is 1. The van der Waals surface area contributed by atoms with E-state index in [-0.39, 0.29) is 23.4 Å². The van der Waals surface area contributed by atoms with Crippen LogP contribution in [-0.2, 0) is 4.79 Å². The molecular weight excluding hydrogens is 313 g/mol. The topological polar surface area (TPSA) is 78.4 Å². The first-order valence-electron chi connectivity index (χ1n) is 7.50. The van der Waals surface area contributed by atoms with Crippen molar-refractivity contribution >= 4 is 24.0 Å². The summed E-state index contributed by atoms with van der Waals surface area (Å²) in [5, 5.41) is 2.87. The number of anilines is 2. The second-order valence-electron chi connectivity index (χ2n) is 5.33. The van der Waals surface area contributed by atoms with Crippen molar-refractivity contribution in [2.45, 2.75) is 0 Å². The van der Waals surface area contributed by atoms with Gasteiger partial charge in [-0.15, -0.1) is 0 Å². The molecule has 1 saturated heterocycles. The molecule has 1 fully saturated rings. The molecule has 0 radical (unpaired) electrons. The van der Waals surface area contributed by atoms with Gasteiger partial charge in [-0.05, 0) is 24.3 Å². The normalized spacial score (nSPS) is 14.4. The van der Waals surface area contributed by atoms with E-state index in [0.29, 0.717) is 31.9 Å². The lowest BCUT2D eigenvalue weighted by molar-refractivity contribution is -0.119. The minimum atomic E-state index is -0.375. The Kier molecular flexibility index (Phi) is 4.64. The molecule has 0 bridgehead atoms. The van der Waals surface area contributed by atoms with Crippen LogP contribution in [0.15, 0.2) is 36.5 Å². The summed E-state index contributed by atoms with van der Waals surface area (Å²) >= 11 is 0. The van der Waals surface area contributed by atoms with Gasteiger partial charge in [0.1, 0.15) is 11.5 Å². The Bertz CT molecular complexity index is 747. The molecule has 0 spiro atoms. The van der Waals surface area contributed by atoms with E-state index in [9.17, 15) is 14.0 Å². The summed E-state index contributed by atoms with van der Waals surface area (Å²) in [4.78, 5) is 34.7. The fourth-order valence-electron chi connectivity index (χ4n) is 2.43. The molecule has 0 atom stereocenters. The van der Waals surface area contributed by atoms with Gasteiger partial charge in [0, 0.05) is 38.1 Å². The molecule has 7 nitrogen and oxygen atoms in total. The number of hydrogen-bond acceptors (Lipinski definition) is 5. The lowest BCUT2D eigenvalue weighted by atomic mass is 10.3. The molecule has 1 aliphatic heterocycles. The van der Waals surface area contributed by atoms with Crippen LogP contribution in [0.1, 0.15) is 10.5 Å². The minimum absolute atomic E-state index is 0.217. The maximum Gasteiger partial charge on any atom is 0.272 e. The first-order chi connectivity index (χ1) is 11.7. The number of aromatic nitrogens is 2. The Morgan fingerprint density at radius 3 is 2.71 bits per heavy atom. The van der Waals surface area contributed by atoms with Crippen molar-refractivity contribution in [3.05, 3.63) is 48.0 Å². The average Bonchev–Trinajstić information content (AvgIpc) is 2.61. The van der Waals surface area contributed by atoms with Crippen molar-refractivity contribution in [3.63, 3.8) is 0 Å². The number of halogens is 1. The number of carbonyl (C=O) groups excluding carboxylic acids is 2. The van der Waals surface area contributed by atoms with Crippen LogP contribution in [0.3, 0.4) is 0 Å². The number of hydrogen-bond donors (Lipinski definition) is 1. The van der Waals surface area contributed by atoms with Crippen LogP contribution in [0.2, 0.25) is 0 Å². The van der Waals surface area contributed by atoms with Gasteiger partial charge in [-0.25, -0.2) is 14.4 Å². The molecule has 8 heteroatoms. The van der Waals surface area contributed by atoms with Crippen molar-refractivity contribution in [1.82, 2.24) is 19.8 Å². The van der Waals surface area contributed by atoms with Gasteiger partial charge < -0.3 is 15.1 Å². The third-order valence-corrected chi connectivity index (χ3v) is 3.71. The summed E-state index contributed by atoms with van der Waals surface area (Å²) in [5.74, 6) is -0.372. The highest BCUT2D eigenvalue weighted by atomic mass is 19.1. The fraction of sp³-hybridized carbons (Fsp3) is 0.250. The van der Waals surface area contributed by atoms with Crippen LogP contribution in [0.4, 0.5) is 16.0 Å². The molecule has 3 rings (SSSR count). The quantitative estimate of drug-likeness (QED) is 0.855. The summed E-state index contributed by atoms with van der Waals surface area (Å²) in [6, 6.07) is 7.44. The van der Waals surface area contributed by atoms with E-state index in [0.717, 1.165) is 6.41 Å². The van der Waals surface area contributed by atoms with Gasteiger partial charge in [-0.2, -0.15) is 0 Å². The van der Waals surface area contributed by atoms with Crippen LogP contribution in [0, 0.1) is 5.82 Å². The minimum Gasteiger partial charge on any atom is -0.342 e. The van der Waals surface area contributed by atoms with Gasteiger partial charge >= 0.3 is 0 Å². The van der Waals surface area contributed by atoms with E-state index in [2.05, 4.69) is 15.3 Å². The molecule has 1 aromatic heterocycles. The molecule has 0 unspecified atom stereocenters. The van der Waals surface area contributed by atoms with Crippen LogP contribution in [0.5, 0.6) is 0 Å². The van der Waals surface area contributed by atoms with Crippen molar-refractivity contribution < 1.29 is 14.0 Å². The lowest BCUT2D eigenvalue weighted by Crippen LogP contribution is -2.48. The molecule has 0 saturated carbocycles. The third kappa shape index (κ3) is 3.65. The molecule has 1 aromatic carbocycles. The van der Waals surface area contributed by atoms with Crippen LogP contribution in [0.25, 0.3) is 0 Å². The lowest BCUT2D eigenvalue weighted by Gasteiger charge is -2.32. The summed E-state index contributed by atoms with van der Waals surface area (Å²) in [7, 11) is 0. The average molecular weight is 329 g/mol. The van der Waals surface area contributed by atoms with Gasteiger partial charge in [-0.1, -0.05) is 6.07 Å². The first-order valence-corrected chi connectivity index (χ1v) is 7.50. The second-order valence-corrected chi connectivity index (χ2v) is 5.33. The Hall–Kier alpha value is -3.03. The molecule has 24 heavy (non-hydrogen) atoms. The van der Waals surface area contributed by atoms with Crippen molar-refractivity contribution in [2.75, 3.05) is 31.5 Å². The fourth-order valence-corrected chi connectivity index (χ4v) is 2.43. The molecule has 1 aliphatic rings. The Morgan fingerprint density at radius 2 is 2.00 bits per heavy atom. The number of benzene rings is 1. The van der Waals surface area contributed by atoms with Gasteiger partial charge in [0.15, 0.2) is 0 Å². The maximum atomic E-state index is 13.2. The van der Waals surface area contributed by atoms with E-state index in [1.54, 1.807) is 21.9 Å². The number of rotatable bonds is 4. The zero-order valence-corrected chi connectivity index (χ0v) is 12.9. The molecule has 1 N–H and O–H groups in total. The van der Waals surface area contributed by atoms with Crippen LogP contribution in [-0.4, -0.2) is 58.3 Å². The van der Waals surface area contributed by atoms with Crippen molar-refractivity contribution in [1.29, 1.82) is 0 Å². The van der Waals surface area contributed by atoms with Gasteiger partial charge in [0.2, 0.25) is 12.4 Å². The smallest absolute Gasteiger partial charge is 0.272 e. The van der Waals surface area contributed by atoms with Crippen molar-refractivity contribution in [3.8, 4) is 0 Å². The zero-order chi connectivity index (χ0) is 16.9. The predicted octanol–water partition coefficient (Wildman–Crippen LogP) is 1.27. The summed E-state index contributed by atoms with van der Waals surface area (Å²) < 4.78 is 13.2. The van der Waals surface area contributed by atoms with Crippen molar-refractivity contribution in [2.24, 2.45) is 0 Å². The van der Waals surface area contributed by atoms with E-state index >= 15 is 0 Å². The monoisotopic (exact) mass is 329 g/mol. The van der Waals surface area contributed by atoms with E-state index in [4.69, 9.17) is 0 Å². The molecule has 2 aromatic rings. The largest absolute Gasteiger partial charge is 0.342 e. The number of carbonyl (C=O) groups is 2. The third-order valence-electron chi connectivity index (χ3n) is 3.71. The summed E-state index contributed by atoms with van der Waals surface area (Å²) in [6.07, 6.45) is 2.26. The number of amides is 2. The number of nitrogens with zero attached hydrogens (tertiary/aromatic N) is 4. The van der Waals surface area contributed by atoms with Gasteiger partial charge in [0.25, 0.3) is 5.91 Å². The Balaban J connectivity index is 1.71. The summed E-state index contributed by atoms with van der Waals surface area (Å²) in [5.41, 5.74) is 0.752. The molecule has 2 amide bonds. The van der Waals surface area contributed by atoms with Gasteiger partial charge in [-0.3, -0.25) is 9.59 Å². The zero-order valence-electron chi connectivity index (χ0n) is 12.9. The SMILES string of the molecule is O=CN1CCN(C(=O)c2ccnc(Nc3cccc(F)c3)n2)CC1. The molecule has 0 aliphatic carbocycles. The van der Waals surface area contributed by atoms with E-state index in [1.807, 2.05) is 0 Å². The molecule has 2 heterocycles. The van der Waals surface area contributed by atoms with Crippen LogP contribution < -0.4 is 5.32 Å². The standard InChI is InChI=1S/C16H16FN5O2/c17-12-2-1-3-13(10-12)19-16-18-5-4-14(20-16)15(24)22-8-6-21(11-23)7-9-22/h1-5,10-11H,6-9H2,(H,18,19,20). The highest BCUT2D eigenvalue weighted by molar-refractivity contribution is 5.92. The highest BCUT2D eigenvalue weighted by Crippen LogP contribution is 2.15. The highest BCUT2D eigenvalue weighted by Gasteiger charge is 2.22. The van der Waals surface area contributed by atoms with E-state index in [1.165, 1.54) is 24.4 Å². The summed E-state index contributed by atoms with van der Waals surface area (Å²) in [6.45, 7) is 1.95. The Morgan fingerprint density at radius 1 is 1.21 bits per heavy atom. The van der Waals surface area contributed by atoms with E-state index < -0.39 is 0 Å². The van der Waals surface area contributed by atoms with Gasteiger partial charge in [0.05, 0.1) is 0 Å². The molecule has 124 valence electrons. The van der Waals surface area contributed by atoms with Crippen LogP contribution >= 0.6 is 0 Å². The first kappa shape index (κ1) is 15.9. The second kappa shape index (κ2) is 7.03. The molecular formula is C16H16FN5O2. The Labute approximate surface area is 138 Å².